The molecule has 0 bridgehead atoms. The smallest absolute Gasteiger partial charge is 0.150 e. The van der Waals surface area contributed by atoms with Gasteiger partial charge in [-0.05, 0) is 95.4 Å². The molecule has 2 heterocycles. The van der Waals surface area contributed by atoms with Gasteiger partial charge in [0.25, 0.3) is 0 Å². The molecule has 0 spiro atoms. The van der Waals surface area contributed by atoms with Gasteiger partial charge < -0.3 is 10.0 Å². The summed E-state index contributed by atoms with van der Waals surface area (Å²) in [5.41, 5.74) is 2.35. The molecular formula is C30H36ClF3N4O. The van der Waals surface area contributed by atoms with Crippen LogP contribution in [0, 0.1) is 30.3 Å². The van der Waals surface area contributed by atoms with Crippen LogP contribution in [0.3, 0.4) is 0 Å². The maximum absolute atomic E-state index is 14.9. The zero-order chi connectivity index (χ0) is 28.1. The fourth-order valence-electron chi connectivity index (χ4n) is 6.57. The van der Waals surface area contributed by atoms with E-state index in [1.165, 1.54) is 18.2 Å². The molecule has 5 nitrogen and oxygen atoms in total. The number of aliphatic hydroxyl groups excluding tert-OH is 1. The highest BCUT2D eigenvalue weighted by atomic mass is 35.5. The van der Waals surface area contributed by atoms with Crippen molar-refractivity contribution in [2.45, 2.75) is 63.1 Å². The predicted octanol–water partition coefficient (Wildman–Crippen LogP) is 6.26. The summed E-state index contributed by atoms with van der Waals surface area (Å²) in [6.07, 6.45) is 2.15. The van der Waals surface area contributed by atoms with Gasteiger partial charge in [-0.25, -0.2) is 17.9 Å². The Labute approximate surface area is 233 Å². The average Bonchev–Trinajstić information content (AvgIpc) is 3.44. The van der Waals surface area contributed by atoms with Crippen LogP contribution in [0.25, 0.3) is 5.69 Å². The summed E-state index contributed by atoms with van der Waals surface area (Å²) in [5, 5.41) is 16.5. The summed E-state index contributed by atoms with van der Waals surface area (Å²) in [7, 11) is 4.01. The number of likely N-dealkylation sites (tertiary alicyclic amines) is 1. The van der Waals surface area contributed by atoms with Crippen molar-refractivity contribution in [2.24, 2.45) is 5.92 Å². The maximum atomic E-state index is 14.9. The van der Waals surface area contributed by atoms with Gasteiger partial charge in [0.2, 0.25) is 0 Å². The standard InChI is InChI=1S/C30H36ClF3N4O/c1-18-13-28(38(35-18)27-8-5-20(31)14-26(27)34)19-9-11-37(12-10-19)29(39)24-17-30(2,36(3)4)16-23(24)22-7-6-21(32)15-25(22)33/h5-8,13-15,19,23-24,29,39H,9-12,16-17H2,1-4H3. The summed E-state index contributed by atoms with van der Waals surface area (Å²) < 4.78 is 45.0. The lowest BCUT2D eigenvalue weighted by Crippen LogP contribution is -2.46. The van der Waals surface area contributed by atoms with Crippen molar-refractivity contribution in [1.82, 2.24) is 19.6 Å². The fraction of sp³-hybridized carbons (Fsp3) is 0.500. The largest absolute Gasteiger partial charge is 0.378 e. The number of nitrogens with zero attached hydrogens (tertiary/aromatic N) is 4. The van der Waals surface area contributed by atoms with Gasteiger partial charge in [-0.1, -0.05) is 17.7 Å². The van der Waals surface area contributed by atoms with Gasteiger partial charge in [0.15, 0.2) is 0 Å². The van der Waals surface area contributed by atoms with Gasteiger partial charge in [-0.3, -0.25) is 4.90 Å². The average molecular weight is 561 g/mol. The lowest BCUT2D eigenvalue weighted by Gasteiger charge is -2.39. The SMILES string of the molecule is Cc1cc(C2CCN(C(O)C3CC(C)(N(C)C)CC3c3ccc(F)cc3F)CC2)n(-c2ccc(Cl)cc2F)n1. The van der Waals surface area contributed by atoms with Crippen molar-refractivity contribution < 1.29 is 18.3 Å². The molecule has 1 aliphatic carbocycles. The Hall–Kier alpha value is -2.39. The van der Waals surface area contributed by atoms with Crippen LogP contribution in [0.15, 0.2) is 42.5 Å². The molecule has 1 aromatic heterocycles. The van der Waals surface area contributed by atoms with Crippen molar-refractivity contribution in [2.75, 3.05) is 27.2 Å². The van der Waals surface area contributed by atoms with E-state index in [2.05, 4.69) is 21.8 Å². The minimum Gasteiger partial charge on any atom is -0.378 e. The van der Waals surface area contributed by atoms with E-state index in [0.29, 0.717) is 42.2 Å². The minimum atomic E-state index is -0.762. The van der Waals surface area contributed by atoms with Crippen molar-refractivity contribution in [3.05, 3.63) is 81.9 Å². The highest BCUT2D eigenvalue weighted by Crippen LogP contribution is 2.50. The van der Waals surface area contributed by atoms with E-state index in [-0.39, 0.29) is 23.3 Å². The molecule has 0 radical (unpaired) electrons. The third-order valence-electron chi connectivity index (χ3n) is 9.00. The Balaban J connectivity index is 1.35. The molecule has 2 aromatic carbocycles. The Bertz CT molecular complexity index is 1340. The molecule has 0 amide bonds. The van der Waals surface area contributed by atoms with Crippen molar-refractivity contribution in [1.29, 1.82) is 0 Å². The van der Waals surface area contributed by atoms with Crippen LogP contribution in [0.2, 0.25) is 5.02 Å². The summed E-state index contributed by atoms with van der Waals surface area (Å²) in [5.74, 6) is -1.88. The second kappa shape index (κ2) is 10.9. The molecule has 4 atom stereocenters. The van der Waals surface area contributed by atoms with Crippen LogP contribution < -0.4 is 0 Å². The van der Waals surface area contributed by atoms with Crippen molar-refractivity contribution >= 4 is 11.6 Å². The molecular weight excluding hydrogens is 525 g/mol. The number of aromatic nitrogens is 2. The second-order valence-electron chi connectivity index (χ2n) is 11.7. The van der Waals surface area contributed by atoms with E-state index in [1.54, 1.807) is 16.8 Å². The van der Waals surface area contributed by atoms with Crippen LogP contribution in [0.1, 0.15) is 61.4 Å². The van der Waals surface area contributed by atoms with Gasteiger partial charge in [0.05, 0.1) is 5.69 Å². The molecule has 39 heavy (non-hydrogen) atoms. The molecule has 5 rings (SSSR count). The first kappa shape index (κ1) is 28.1. The predicted molar refractivity (Wildman–Crippen MR) is 147 cm³/mol. The molecule has 1 aliphatic heterocycles. The molecule has 1 saturated carbocycles. The van der Waals surface area contributed by atoms with Gasteiger partial charge in [-0.2, -0.15) is 5.10 Å². The highest BCUT2D eigenvalue weighted by molar-refractivity contribution is 6.30. The van der Waals surface area contributed by atoms with Crippen molar-refractivity contribution in [3.8, 4) is 5.69 Å². The third kappa shape index (κ3) is 5.49. The molecule has 1 saturated heterocycles. The Morgan fingerprint density at radius 3 is 2.38 bits per heavy atom. The van der Waals surface area contributed by atoms with E-state index < -0.39 is 23.7 Å². The number of benzene rings is 2. The fourth-order valence-corrected chi connectivity index (χ4v) is 6.73. The zero-order valence-corrected chi connectivity index (χ0v) is 23.6. The molecule has 2 fully saturated rings. The molecule has 2 aliphatic rings. The monoisotopic (exact) mass is 560 g/mol. The number of aryl methyl sites for hydroxylation is 1. The topological polar surface area (TPSA) is 44.5 Å². The number of hydrogen-bond donors (Lipinski definition) is 1. The van der Waals surface area contributed by atoms with Crippen molar-refractivity contribution in [3.63, 3.8) is 0 Å². The summed E-state index contributed by atoms with van der Waals surface area (Å²) in [6, 6.07) is 10.4. The molecule has 210 valence electrons. The van der Waals surface area contributed by atoms with E-state index in [0.717, 1.165) is 30.3 Å². The lowest BCUT2D eigenvalue weighted by atomic mass is 9.85. The minimum absolute atomic E-state index is 0.144. The Kier molecular flexibility index (Phi) is 7.85. The van der Waals surface area contributed by atoms with Crippen LogP contribution in [0.4, 0.5) is 13.2 Å². The quantitative estimate of drug-likeness (QED) is 0.386. The summed E-state index contributed by atoms with van der Waals surface area (Å²) in [6.45, 7) is 5.32. The van der Waals surface area contributed by atoms with Gasteiger partial charge >= 0.3 is 0 Å². The summed E-state index contributed by atoms with van der Waals surface area (Å²) in [4.78, 5) is 4.22. The zero-order valence-electron chi connectivity index (χ0n) is 22.8. The van der Waals surface area contributed by atoms with E-state index in [1.807, 2.05) is 27.1 Å². The maximum Gasteiger partial charge on any atom is 0.150 e. The first-order chi connectivity index (χ1) is 18.5. The Morgan fingerprint density at radius 1 is 1.03 bits per heavy atom. The lowest BCUT2D eigenvalue weighted by molar-refractivity contribution is -0.0574. The first-order valence-electron chi connectivity index (χ1n) is 13.5. The highest BCUT2D eigenvalue weighted by Gasteiger charge is 2.49. The normalized spacial score (nSPS) is 25.5. The van der Waals surface area contributed by atoms with Gasteiger partial charge in [-0.15, -0.1) is 0 Å². The second-order valence-corrected chi connectivity index (χ2v) is 12.1. The van der Waals surface area contributed by atoms with Crippen LogP contribution in [0.5, 0.6) is 0 Å². The van der Waals surface area contributed by atoms with Crippen LogP contribution in [-0.2, 0) is 0 Å². The molecule has 1 N–H and O–H groups in total. The number of aliphatic hydroxyl groups is 1. The van der Waals surface area contributed by atoms with Crippen LogP contribution >= 0.6 is 11.6 Å². The summed E-state index contributed by atoms with van der Waals surface area (Å²) >= 11 is 5.96. The molecule has 9 heteroatoms. The number of halogens is 4. The van der Waals surface area contributed by atoms with E-state index in [9.17, 15) is 18.3 Å². The Morgan fingerprint density at radius 2 is 1.74 bits per heavy atom. The first-order valence-corrected chi connectivity index (χ1v) is 13.9. The van der Waals surface area contributed by atoms with E-state index in [4.69, 9.17) is 11.6 Å². The molecule has 4 unspecified atom stereocenters. The third-order valence-corrected chi connectivity index (χ3v) is 9.23. The number of rotatable bonds is 6. The van der Waals surface area contributed by atoms with Crippen LogP contribution in [-0.4, -0.2) is 63.6 Å². The number of piperidine rings is 1. The van der Waals surface area contributed by atoms with Gasteiger partial charge in [0, 0.05) is 47.2 Å². The number of hydrogen-bond acceptors (Lipinski definition) is 4. The van der Waals surface area contributed by atoms with Gasteiger partial charge in [0.1, 0.15) is 29.4 Å². The molecule has 3 aromatic rings. The van der Waals surface area contributed by atoms with E-state index >= 15 is 0 Å².